The lowest BCUT2D eigenvalue weighted by Gasteiger charge is -2.07. The van der Waals surface area contributed by atoms with Gasteiger partial charge in [-0.25, -0.2) is 9.37 Å². The topological polar surface area (TPSA) is 37.8 Å². The van der Waals surface area contributed by atoms with E-state index < -0.39 is 5.82 Å². The first kappa shape index (κ1) is 11.3. The van der Waals surface area contributed by atoms with Crippen molar-refractivity contribution in [1.82, 2.24) is 9.97 Å². The van der Waals surface area contributed by atoms with Crippen LogP contribution in [0.5, 0.6) is 0 Å². The molecule has 0 saturated carbocycles. The lowest BCUT2D eigenvalue weighted by molar-refractivity contribution is 0.619. The van der Waals surface area contributed by atoms with Gasteiger partial charge in [-0.05, 0) is 39.7 Å². The molecule has 16 heavy (non-hydrogen) atoms. The van der Waals surface area contributed by atoms with E-state index in [9.17, 15) is 4.39 Å². The van der Waals surface area contributed by atoms with Crippen molar-refractivity contribution in [2.75, 3.05) is 5.32 Å². The van der Waals surface area contributed by atoms with Gasteiger partial charge in [0.2, 0.25) is 5.28 Å². The Morgan fingerprint density at radius 2 is 2.06 bits per heavy atom. The number of hydrogen-bond donors (Lipinski definition) is 1. The van der Waals surface area contributed by atoms with E-state index in [1.807, 2.05) is 18.2 Å². The fraction of sp³-hybridized carbons (Fsp3) is 0. The van der Waals surface area contributed by atoms with Gasteiger partial charge in [-0.15, -0.1) is 0 Å². The summed E-state index contributed by atoms with van der Waals surface area (Å²) in [5, 5.41) is 2.82. The molecule has 2 aromatic rings. The van der Waals surface area contributed by atoms with Crippen LogP contribution in [0, 0.1) is 5.82 Å². The molecule has 0 saturated heterocycles. The highest BCUT2D eigenvalue weighted by molar-refractivity contribution is 9.10. The molecular formula is C10H6BrClFN3. The third kappa shape index (κ3) is 2.48. The van der Waals surface area contributed by atoms with Crippen LogP contribution in [0.4, 0.5) is 15.9 Å². The molecule has 2 rings (SSSR count). The van der Waals surface area contributed by atoms with Gasteiger partial charge in [-0.3, -0.25) is 0 Å². The van der Waals surface area contributed by atoms with E-state index in [1.165, 1.54) is 0 Å². The van der Waals surface area contributed by atoms with Gasteiger partial charge < -0.3 is 5.32 Å². The van der Waals surface area contributed by atoms with Crippen molar-refractivity contribution in [3.8, 4) is 0 Å². The average Bonchev–Trinajstić information content (AvgIpc) is 2.27. The van der Waals surface area contributed by atoms with E-state index >= 15 is 0 Å². The Morgan fingerprint density at radius 1 is 1.31 bits per heavy atom. The molecule has 1 N–H and O–H groups in total. The Balaban J connectivity index is 2.34. The molecule has 0 spiro atoms. The van der Waals surface area contributed by atoms with Crippen LogP contribution in [0.3, 0.4) is 0 Å². The number of nitrogens with zero attached hydrogens (tertiary/aromatic N) is 2. The molecule has 3 nitrogen and oxygen atoms in total. The van der Waals surface area contributed by atoms with Gasteiger partial charge in [0.25, 0.3) is 0 Å². The van der Waals surface area contributed by atoms with Crippen molar-refractivity contribution in [2.24, 2.45) is 0 Å². The molecule has 1 aromatic carbocycles. The second-order valence-electron chi connectivity index (χ2n) is 2.94. The van der Waals surface area contributed by atoms with E-state index in [4.69, 9.17) is 11.6 Å². The summed E-state index contributed by atoms with van der Waals surface area (Å²) < 4.78 is 14.1. The largest absolute Gasteiger partial charge is 0.337 e. The number of aromatic nitrogens is 2. The summed E-state index contributed by atoms with van der Waals surface area (Å²) in [6.07, 6.45) is 1.02. The van der Waals surface area contributed by atoms with Crippen LogP contribution in [-0.2, 0) is 0 Å². The van der Waals surface area contributed by atoms with E-state index in [1.54, 1.807) is 6.07 Å². The van der Waals surface area contributed by atoms with Crippen molar-refractivity contribution in [2.45, 2.75) is 0 Å². The maximum atomic E-state index is 13.3. The zero-order valence-corrected chi connectivity index (χ0v) is 10.3. The van der Waals surface area contributed by atoms with E-state index in [2.05, 4.69) is 31.2 Å². The van der Waals surface area contributed by atoms with Crippen molar-refractivity contribution in [1.29, 1.82) is 0 Å². The third-order valence-electron chi connectivity index (χ3n) is 1.84. The lowest BCUT2D eigenvalue weighted by atomic mass is 10.3. The Bertz CT molecular complexity index is 521. The summed E-state index contributed by atoms with van der Waals surface area (Å²) in [5.74, 6) is -0.507. The van der Waals surface area contributed by atoms with Gasteiger partial charge in [0.05, 0.1) is 11.9 Å². The highest BCUT2D eigenvalue weighted by Gasteiger charge is 2.07. The normalized spacial score (nSPS) is 10.2. The summed E-state index contributed by atoms with van der Waals surface area (Å²) >= 11 is 8.92. The Kier molecular flexibility index (Phi) is 3.36. The summed E-state index contributed by atoms with van der Waals surface area (Å²) in [6.45, 7) is 0. The fourth-order valence-corrected chi connectivity index (χ4v) is 1.64. The Morgan fingerprint density at radius 3 is 2.81 bits per heavy atom. The first-order valence-corrected chi connectivity index (χ1v) is 5.53. The molecule has 1 heterocycles. The maximum Gasteiger partial charge on any atom is 0.224 e. The molecule has 6 heteroatoms. The molecule has 0 bridgehead atoms. The number of hydrogen-bond acceptors (Lipinski definition) is 3. The quantitative estimate of drug-likeness (QED) is 0.858. The van der Waals surface area contributed by atoms with Crippen LogP contribution < -0.4 is 5.32 Å². The fourth-order valence-electron chi connectivity index (χ4n) is 1.12. The SMILES string of the molecule is Fc1cnc(Cl)nc1Nc1ccccc1Br. The number of anilines is 2. The van der Waals surface area contributed by atoms with Crippen molar-refractivity contribution in [3.05, 3.63) is 46.0 Å². The van der Waals surface area contributed by atoms with Crippen molar-refractivity contribution in [3.63, 3.8) is 0 Å². The van der Waals surface area contributed by atoms with Crippen LogP contribution in [0.25, 0.3) is 0 Å². The second kappa shape index (κ2) is 4.76. The monoisotopic (exact) mass is 301 g/mol. The Labute approximate surface area is 105 Å². The molecule has 0 aliphatic heterocycles. The maximum absolute atomic E-state index is 13.3. The predicted octanol–water partition coefficient (Wildman–Crippen LogP) is 3.78. The zero-order chi connectivity index (χ0) is 11.5. The standard InChI is InChI=1S/C10H6BrClFN3/c11-6-3-1-2-4-8(6)15-9-7(13)5-14-10(12)16-9/h1-5H,(H,14,15,16). The number of rotatable bonds is 2. The van der Waals surface area contributed by atoms with E-state index in [0.717, 1.165) is 10.7 Å². The van der Waals surface area contributed by atoms with Gasteiger partial charge in [-0.2, -0.15) is 4.98 Å². The van der Waals surface area contributed by atoms with Gasteiger partial charge >= 0.3 is 0 Å². The van der Waals surface area contributed by atoms with Crippen LogP contribution in [0.1, 0.15) is 0 Å². The van der Waals surface area contributed by atoms with E-state index in [-0.39, 0.29) is 11.1 Å². The first-order chi connectivity index (χ1) is 7.66. The number of benzene rings is 1. The molecule has 82 valence electrons. The zero-order valence-electron chi connectivity index (χ0n) is 7.92. The Hall–Kier alpha value is -1.20. The highest BCUT2D eigenvalue weighted by atomic mass is 79.9. The molecule has 0 amide bonds. The first-order valence-electron chi connectivity index (χ1n) is 4.36. The molecule has 0 fully saturated rings. The second-order valence-corrected chi connectivity index (χ2v) is 4.13. The van der Waals surface area contributed by atoms with Crippen molar-refractivity contribution < 1.29 is 4.39 Å². The lowest BCUT2D eigenvalue weighted by Crippen LogP contribution is -1.99. The summed E-state index contributed by atoms with van der Waals surface area (Å²) in [4.78, 5) is 7.29. The highest BCUT2D eigenvalue weighted by Crippen LogP contribution is 2.25. The summed E-state index contributed by atoms with van der Waals surface area (Å²) in [7, 11) is 0. The van der Waals surface area contributed by atoms with Crippen LogP contribution >= 0.6 is 27.5 Å². The average molecular weight is 303 g/mol. The van der Waals surface area contributed by atoms with Gasteiger partial charge in [0.15, 0.2) is 11.6 Å². The minimum atomic E-state index is -0.555. The van der Waals surface area contributed by atoms with Gasteiger partial charge in [0.1, 0.15) is 0 Å². The molecule has 0 radical (unpaired) electrons. The molecule has 1 aromatic heterocycles. The minimum absolute atomic E-state index is 0.00375. The van der Waals surface area contributed by atoms with Crippen LogP contribution in [0.15, 0.2) is 34.9 Å². The van der Waals surface area contributed by atoms with E-state index in [0.29, 0.717) is 5.69 Å². The predicted molar refractivity (Wildman–Crippen MR) is 64.4 cm³/mol. The molecular weight excluding hydrogens is 296 g/mol. The minimum Gasteiger partial charge on any atom is -0.337 e. The third-order valence-corrected chi connectivity index (χ3v) is 2.72. The number of nitrogens with one attached hydrogen (secondary N) is 1. The van der Waals surface area contributed by atoms with Crippen LogP contribution in [-0.4, -0.2) is 9.97 Å². The van der Waals surface area contributed by atoms with Gasteiger partial charge in [-0.1, -0.05) is 12.1 Å². The van der Waals surface area contributed by atoms with Gasteiger partial charge in [0, 0.05) is 4.47 Å². The molecule has 0 atom stereocenters. The molecule has 0 aliphatic rings. The van der Waals surface area contributed by atoms with Crippen LogP contribution in [0.2, 0.25) is 5.28 Å². The number of halogens is 3. The van der Waals surface area contributed by atoms with Crippen molar-refractivity contribution >= 4 is 39.0 Å². The molecule has 0 unspecified atom stereocenters. The molecule has 0 aliphatic carbocycles. The smallest absolute Gasteiger partial charge is 0.224 e. The summed E-state index contributed by atoms with van der Waals surface area (Å²) in [6, 6.07) is 7.31. The summed E-state index contributed by atoms with van der Waals surface area (Å²) in [5.41, 5.74) is 0.705. The number of para-hydroxylation sites is 1.